The van der Waals surface area contributed by atoms with Gasteiger partial charge in [0.25, 0.3) is 0 Å². The molecule has 1 amide bonds. The molecule has 0 aliphatic carbocycles. The minimum Gasteiger partial charge on any atom is -0.497 e. The molecule has 7 nitrogen and oxygen atoms in total. The molecule has 1 aromatic carbocycles. The summed E-state index contributed by atoms with van der Waals surface area (Å²) < 4.78 is 38.6. The van der Waals surface area contributed by atoms with Crippen molar-refractivity contribution in [1.82, 2.24) is 9.62 Å². The molecule has 1 fully saturated rings. The minimum absolute atomic E-state index is 0.147. The van der Waals surface area contributed by atoms with E-state index in [4.69, 9.17) is 9.47 Å². The zero-order chi connectivity index (χ0) is 18.6. The molecular formula is C17H26N2O5S. The molecule has 0 aromatic heterocycles. The van der Waals surface area contributed by atoms with Crippen LogP contribution in [0.5, 0.6) is 5.75 Å². The SMILES string of the molecule is COc1ccc(S(=O)(=O)N[C@H](C(=O)N2CCOCC2)C(C)C)c(C)c1. The van der Waals surface area contributed by atoms with Crippen molar-refractivity contribution in [3.63, 3.8) is 0 Å². The first-order valence-electron chi connectivity index (χ1n) is 8.29. The van der Waals surface area contributed by atoms with E-state index >= 15 is 0 Å². The molecule has 1 N–H and O–H groups in total. The fraction of sp³-hybridized carbons (Fsp3) is 0.588. The van der Waals surface area contributed by atoms with Gasteiger partial charge in [-0.1, -0.05) is 13.8 Å². The average Bonchev–Trinajstić information content (AvgIpc) is 2.59. The second kappa shape index (κ2) is 8.16. The van der Waals surface area contributed by atoms with Crippen LogP contribution in [0.25, 0.3) is 0 Å². The van der Waals surface area contributed by atoms with Gasteiger partial charge < -0.3 is 14.4 Å². The van der Waals surface area contributed by atoms with E-state index in [9.17, 15) is 13.2 Å². The van der Waals surface area contributed by atoms with Crippen LogP contribution in [0.2, 0.25) is 0 Å². The maximum Gasteiger partial charge on any atom is 0.241 e. The van der Waals surface area contributed by atoms with E-state index in [1.165, 1.54) is 13.2 Å². The topological polar surface area (TPSA) is 84.9 Å². The molecule has 2 rings (SSSR count). The van der Waals surface area contributed by atoms with E-state index in [1.54, 1.807) is 24.0 Å². The first-order chi connectivity index (χ1) is 11.8. The van der Waals surface area contributed by atoms with Crippen molar-refractivity contribution < 1.29 is 22.7 Å². The van der Waals surface area contributed by atoms with Gasteiger partial charge >= 0.3 is 0 Å². The third-order valence-electron chi connectivity index (χ3n) is 4.21. The Morgan fingerprint density at radius 3 is 2.44 bits per heavy atom. The lowest BCUT2D eigenvalue weighted by Gasteiger charge is -2.32. The van der Waals surface area contributed by atoms with E-state index < -0.39 is 16.1 Å². The molecule has 1 heterocycles. The number of ether oxygens (including phenoxy) is 2. The van der Waals surface area contributed by atoms with Crippen LogP contribution in [-0.2, 0) is 19.6 Å². The average molecular weight is 370 g/mol. The number of rotatable bonds is 6. The number of morpholine rings is 1. The zero-order valence-corrected chi connectivity index (χ0v) is 15.9. The van der Waals surface area contributed by atoms with E-state index in [0.29, 0.717) is 37.6 Å². The van der Waals surface area contributed by atoms with Crippen molar-refractivity contribution in [1.29, 1.82) is 0 Å². The fourth-order valence-corrected chi connectivity index (χ4v) is 4.30. The van der Waals surface area contributed by atoms with Crippen LogP contribution in [0.3, 0.4) is 0 Å². The summed E-state index contributed by atoms with van der Waals surface area (Å²) in [6.45, 7) is 7.25. The summed E-state index contributed by atoms with van der Waals surface area (Å²) >= 11 is 0. The number of hydrogen-bond donors (Lipinski definition) is 1. The summed E-state index contributed by atoms with van der Waals surface area (Å²) in [5, 5.41) is 0. The van der Waals surface area contributed by atoms with Crippen molar-refractivity contribution in [2.75, 3.05) is 33.4 Å². The number of amides is 1. The minimum atomic E-state index is -3.83. The summed E-state index contributed by atoms with van der Waals surface area (Å²) in [5.41, 5.74) is 0.563. The van der Waals surface area contributed by atoms with Crippen molar-refractivity contribution in [3.8, 4) is 5.75 Å². The Morgan fingerprint density at radius 2 is 1.92 bits per heavy atom. The van der Waals surface area contributed by atoms with Crippen molar-refractivity contribution in [3.05, 3.63) is 23.8 Å². The second-order valence-electron chi connectivity index (χ2n) is 6.41. The Labute approximate surface area is 149 Å². The van der Waals surface area contributed by atoms with Crippen LogP contribution < -0.4 is 9.46 Å². The molecule has 1 atom stereocenters. The predicted molar refractivity (Wildman–Crippen MR) is 94.1 cm³/mol. The van der Waals surface area contributed by atoms with E-state index in [2.05, 4.69) is 4.72 Å². The summed E-state index contributed by atoms with van der Waals surface area (Å²) in [7, 11) is -2.30. The van der Waals surface area contributed by atoms with Gasteiger partial charge in [-0.2, -0.15) is 4.72 Å². The largest absolute Gasteiger partial charge is 0.497 e. The number of benzene rings is 1. The van der Waals surface area contributed by atoms with Gasteiger partial charge in [0.05, 0.1) is 25.2 Å². The van der Waals surface area contributed by atoms with E-state index in [0.717, 1.165) is 0 Å². The predicted octanol–water partition coefficient (Wildman–Crippen LogP) is 1.17. The second-order valence-corrected chi connectivity index (χ2v) is 8.09. The molecule has 1 aromatic rings. The third-order valence-corrected chi connectivity index (χ3v) is 5.81. The molecule has 1 aliphatic heterocycles. The third kappa shape index (κ3) is 4.71. The van der Waals surface area contributed by atoms with Crippen LogP contribution in [0, 0.1) is 12.8 Å². The Kier molecular flexibility index (Phi) is 6.42. The summed E-state index contributed by atoms with van der Waals surface area (Å²) in [4.78, 5) is 14.6. The zero-order valence-electron chi connectivity index (χ0n) is 15.1. The quantitative estimate of drug-likeness (QED) is 0.812. The Hall–Kier alpha value is -1.64. The summed E-state index contributed by atoms with van der Waals surface area (Å²) in [6.07, 6.45) is 0. The normalized spacial score (nSPS) is 16.8. The Bertz CT molecular complexity index is 712. The standard InChI is InChI=1S/C17H26N2O5S/c1-12(2)16(17(20)19-7-9-24-10-8-19)18-25(21,22)15-6-5-14(23-4)11-13(15)3/h5-6,11-12,16,18H,7-10H2,1-4H3/t16-/m0/s1. The summed E-state index contributed by atoms with van der Waals surface area (Å²) in [6, 6.07) is 3.93. The molecule has 1 aliphatic rings. The smallest absolute Gasteiger partial charge is 0.241 e. The highest BCUT2D eigenvalue weighted by atomic mass is 32.2. The number of carbonyl (C=O) groups excluding carboxylic acids is 1. The lowest BCUT2D eigenvalue weighted by atomic mass is 10.0. The van der Waals surface area contributed by atoms with Crippen LogP contribution in [0.15, 0.2) is 23.1 Å². The fourth-order valence-electron chi connectivity index (χ4n) is 2.73. The molecule has 0 bridgehead atoms. The highest BCUT2D eigenvalue weighted by Gasteiger charge is 2.32. The van der Waals surface area contributed by atoms with Gasteiger partial charge in [-0.05, 0) is 36.6 Å². The number of carbonyl (C=O) groups is 1. The van der Waals surface area contributed by atoms with Gasteiger partial charge in [-0.3, -0.25) is 4.79 Å². The van der Waals surface area contributed by atoms with Crippen LogP contribution in [0.1, 0.15) is 19.4 Å². The van der Waals surface area contributed by atoms with Crippen molar-refractivity contribution >= 4 is 15.9 Å². The number of methoxy groups -OCH3 is 1. The Morgan fingerprint density at radius 1 is 1.28 bits per heavy atom. The Balaban J connectivity index is 2.24. The molecule has 8 heteroatoms. The molecule has 140 valence electrons. The van der Waals surface area contributed by atoms with Gasteiger partial charge in [-0.25, -0.2) is 8.42 Å². The van der Waals surface area contributed by atoms with Crippen molar-refractivity contribution in [2.24, 2.45) is 5.92 Å². The molecule has 25 heavy (non-hydrogen) atoms. The number of aryl methyl sites for hydroxylation is 1. The first kappa shape index (κ1) is 19.7. The first-order valence-corrected chi connectivity index (χ1v) is 9.78. The van der Waals surface area contributed by atoms with Gasteiger partial charge in [0, 0.05) is 13.1 Å². The monoisotopic (exact) mass is 370 g/mol. The number of nitrogens with zero attached hydrogens (tertiary/aromatic N) is 1. The van der Waals surface area contributed by atoms with Crippen LogP contribution >= 0.6 is 0 Å². The number of hydrogen-bond acceptors (Lipinski definition) is 5. The molecule has 0 spiro atoms. The van der Waals surface area contributed by atoms with Gasteiger partial charge in [-0.15, -0.1) is 0 Å². The number of sulfonamides is 1. The van der Waals surface area contributed by atoms with E-state index in [-0.39, 0.29) is 16.7 Å². The molecule has 0 radical (unpaired) electrons. The highest BCUT2D eigenvalue weighted by Crippen LogP contribution is 2.22. The summed E-state index contributed by atoms with van der Waals surface area (Å²) in [5.74, 6) is 0.193. The molecule has 0 unspecified atom stereocenters. The molecular weight excluding hydrogens is 344 g/mol. The van der Waals surface area contributed by atoms with Crippen molar-refractivity contribution in [2.45, 2.75) is 31.7 Å². The molecule has 0 saturated carbocycles. The maximum absolute atomic E-state index is 12.8. The van der Waals surface area contributed by atoms with Gasteiger partial charge in [0.1, 0.15) is 11.8 Å². The van der Waals surface area contributed by atoms with Crippen LogP contribution in [-0.4, -0.2) is 58.7 Å². The lowest BCUT2D eigenvalue weighted by molar-refractivity contribution is -0.138. The van der Waals surface area contributed by atoms with Crippen LogP contribution in [0.4, 0.5) is 0 Å². The van der Waals surface area contributed by atoms with Gasteiger partial charge in [0.15, 0.2) is 0 Å². The van der Waals surface area contributed by atoms with E-state index in [1.807, 2.05) is 13.8 Å². The lowest BCUT2D eigenvalue weighted by Crippen LogP contribution is -2.53. The number of nitrogens with one attached hydrogen (secondary N) is 1. The van der Waals surface area contributed by atoms with Gasteiger partial charge in [0.2, 0.25) is 15.9 Å². The maximum atomic E-state index is 12.8. The highest BCUT2D eigenvalue weighted by molar-refractivity contribution is 7.89. The molecule has 1 saturated heterocycles.